The minimum Gasteiger partial charge on any atom is -0.300 e. The van der Waals surface area contributed by atoms with Crippen LogP contribution in [0.1, 0.15) is 18.4 Å². The molecule has 2 aromatic rings. The van der Waals surface area contributed by atoms with Gasteiger partial charge in [0.2, 0.25) is 11.0 Å². The van der Waals surface area contributed by atoms with Crippen LogP contribution in [0.25, 0.3) is 0 Å². The Hall–Kier alpha value is -1.83. The summed E-state index contributed by atoms with van der Waals surface area (Å²) < 4.78 is 1.61. The number of nitrogens with zero attached hydrogens (tertiary/aromatic N) is 5. The normalized spacial score (nSPS) is 10.4. The molecule has 7 nitrogen and oxygen atoms in total. The van der Waals surface area contributed by atoms with Gasteiger partial charge in [0.1, 0.15) is 17.7 Å². The molecular weight excluding hydrogens is 240 g/mol. The second kappa shape index (κ2) is 5.48. The van der Waals surface area contributed by atoms with Crippen LogP contribution in [-0.4, -0.2) is 30.9 Å². The smallest absolute Gasteiger partial charge is 0.228 e. The standard InChI is InChI=1S/C9H12N6OS/c1-2-8-13-14-9(17-8)12-7(16)3-4-15-6-10-5-11-15/h5-6H,2-4H2,1H3,(H,12,14,16). The van der Waals surface area contributed by atoms with E-state index in [1.807, 2.05) is 6.92 Å². The summed E-state index contributed by atoms with van der Waals surface area (Å²) in [6.45, 7) is 2.50. The molecule has 1 N–H and O–H groups in total. The molecule has 0 bridgehead atoms. The van der Waals surface area contributed by atoms with Crippen LogP contribution in [0.2, 0.25) is 0 Å². The molecule has 0 radical (unpaired) electrons. The summed E-state index contributed by atoms with van der Waals surface area (Å²) in [5.41, 5.74) is 0. The van der Waals surface area contributed by atoms with Gasteiger partial charge in [-0.05, 0) is 6.42 Å². The maximum atomic E-state index is 11.6. The minimum absolute atomic E-state index is 0.0979. The number of aryl methyl sites for hydroxylation is 2. The average molecular weight is 252 g/mol. The maximum Gasteiger partial charge on any atom is 0.228 e. The number of hydrogen-bond donors (Lipinski definition) is 1. The van der Waals surface area contributed by atoms with Crippen molar-refractivity contribution in [3.05, 3.63) is 17.7 Å². The number of hydrogen-bond acceptors (Lipinski definition) is 6. The monoisotopic (exact) mass is 252 g/mol. The van der Waals surface area contributed by atoms with Gasteiger partial charge in [0, 0.05) is 6.42 Å². The van der Waals surface area contributed by atoms with Crippen molar-refractivity contribution in [2.45, 2.75) is 26.3 Å². The first-order chi connectivity index (χ1) is 8.28. The lowest BCUT2D eigenvalue weighted by atomic mass is 10.4. The van der Waals surface area contributed by atoms with Crippen LogP contribution in [-0.2, 0) is 17.8 Å². The highest BCUT2D eigenvalue weighted by Crippen LogP contribution is 2.15. The topological polar surface area (TPSA) is 85.6 Å². The van der Waals surface area contributed by atoms with Crippen LogP contribution < -0.4 is 5.32 Å². The first kappa shape index (κ1) is 11.6. The lowest BCUT2D eigenvalue weighted by Gasteiger charge is -2.00. The molecule has 8 heteroatoms. The SMILES string of the molecule is CCc1nnc(NC(=O)CCn2cncn2)s1. The predicted molar refractivity (Wildman–Crippen MR) is 62.6 cm³/mol. The first-order valence-electron chi connectivity index (χ1n) is 5.22. The molecule has 0 aliphatic heterocycles. The molecule has 0 saturated heterocycles. The van der Waals surface area contributed by atoms with Gasteiger partial charge in [0.25, 0.3) is 0 Å². The Morgan fingerprint density at radius 1 is 1.53 bits per heavy atom. The molecule has 0 fully saturated rings. The zero-order valence-electron chi connectivity index (χ0n) is 9.33. The Kier molecular flexibility index (Phi) is 3.76. The zero-order valence-corrected chi connectivity index (χ0v) is 10.1. The fraction of sp³-hybridized carbons (Fsp3) is 0.444. The van der Waals surface area contributed by atoms with E-state index in [9.17, 15) is 4.79 Å². The van der Waals surface area contributed by atoms with Crippen LogP contribution in [0.3, 0.4) is 0 Å². The van der Waals surface area contributed by atoms with Gasteiger partial charge < -0.3 is 5.32 Å². The first-order valence-corrected chi connectivity index (χ1v) is 6.04. The number of carbonyl (C=O) groups excluding carboxylic acids is 1. The quantitative estimate of drug-likeness (QED) is 0.847. The molecule has 0 saturated carbocycles. The molecule has 17 heavy (non-hydrogen) atoms. The van der Waals surface area contributed by atoms with Crippen molar-refractivity contribution in [2.24, 2.45) is 0 Å². The zero-order chi connectivity index (χ0) is 12.1. The molecule has 0 atom stereocenters. The molecule has 0 unspecified atom stereocenters. The van der Waals surface area contributed by atoms with Crippen molar-refractivity contribution in [3.63, 3.8) is 0 Å². The van der Waals surface area contributed by atoms with E-state index in [1.165, 1.54) is 17.7 Å². The Bertz CT molecular complexity index is 479. The number of amides is 1. The van der Waals surface area contributed by atoms with E-state index in [2.05, 4.69) is 25.6 Å². The third-order valence-electron chi connectivity index (χ3n) is 2.05. The van der Waals surface area contributed by atoms with E-state index in [1.54, 1.807) is 11.0 Å². The number of nitrogens with one attached hydrogen (secondary N) is 1. The molecule has 0 aliphatic carbocycles. The van der Waals surface area contributed by atoms with Crippen molar-refractivity contribution >= 4 is 22.4 Å². The van der Waals surface area contributed by atoms with E-state index in [0.29, 0.717) is 18.1 Å². The molecule has 0 aromatic carbocycles. The fourth-order valence-electron chi connectivity index (χ4n) is 1.19. The van der Waals surface area contributed by atoms with Crippen LogP contribution in [0, 0.1) is 0 Å². The van der Waals surface area contributed by atoms with Gasteiger partial charge in [-0.15, -0.1) is 10.2 Å². The lowest BCUT2D eigenvalue weighted by molar-refractivity contribution is -0.116. The van der Waals surface area contributed by atoms with Crippen molar-refractivity contribution in [2.75, 3.05) is 5.32 Å². The van der Waals surface area contributed by atoms with Gasteiger partial charge in [-0.3, -0.25) is 9.48 Å². The summed E-state index contributed by atoms with van der Waals surface area (Å²) >= 11 is 1.40. The molecular formula is C9H12N6OS. The highest BCUT2D eigenvalue weighted by Gasteiger charge is 2.07. The molecule has 2 rings (SSSR count). The number of rotatable bonds is 5. The van der Waals surface area contributed by atoms with Gasteiger partial charge >= 0.3 is 0 Å². The summed E-state index contributed by atoms with van der Waals surface area (Å²) in [4.78, 5) is 15.4. The number of aromatic nitrogens is 5. The summed E-state index contributed by atoms with van der Waals surface area (Å²) in [6.07, 6.45) is 4.18. The average Bonchev–Trinajstić information content (AvgIpc) is 2.97. The van der Waals surface area contributed by atoms with Crippen molar-refractivity contribution in [1.29, 1.82) is 0 Å². The Morgan fingerprint density at radius 2 is 2.41 bits per heavy atom. The Balaban J connectivity index is 1.81. The third-order valence-corrected chi connectivity index (χ3v) is 3.03. The fourth-order valence-corrected chi connectivity index (χ4v) is 1.89. The number of carbonyl (C=O) groups is 1. The Labute approximate surface area is 102 Å². The highest BCUT2D eigenvalue weighted by atomic mass is 32.1. The highest BCUT2D eigenvalue weighted by molar-refractivity contribution is 7.15. The van der Waals surface area contributed by atoms with Crippen molar-refractivity contribution < 1.29 is 4.79 Å². The third kappa shape index (κ3) is 3.31. The predicted octanol–water partition coefficient (Wildman–Crippen LogP) is 0.721. The van der Waals surface area contributed by atoms with Crippen LogP contribution in [0.4, 0.5) is 5.13 Å². The largest absolute Gasteiger partial charge is 0.300 e. The summed E-state index contributed by atoms with van der Waals surface area (Å²) in [7, 11) is 0. The second-order valence-electron chi connectivity index (χ2n) is 3.31. The Morgan fingerprint density at radius 3 is 3.06 bits per heavy atom. The number of anilines is 1. The van der Waals surface area contributed by atoms with Gasteiger partial charge in [-0.1, -0.05) is 18.3 Å². The van der Waals surface area contributed by atoms with E-state index in [4.69, 9.17) is 0 Å². The van der Waals surface area contributed by atoms with Crippen molar-refractivity contribution in [3.8, 4) is 0 Å². The second-order valence-corrected chi connectivity index (χ2v) is 4.37. The van der Waals surface area contributed by atoms with E-state index in [0.717, 1.165) is 11.4 Å². The van der Waals surface area contributed by atoms with Gasteiger partial charge in [-0.25, -0.2) is 4.98 Å². The molecule has 0 spiro atoms. The molecule has 2 heterocycles. The van der Waals surface area contributed by atoms with E-state index in [-0.39, 0.29) is 5.91 Å². The van der Waals surface area contributed by atoms with E-state index >= 15 is 0 Å². The molecule has 90 valence electrons. The van der Waals surface area contributed by atoms with E-state index < -0.39 is 0 Å². The molecule has 1 amide bonds. The summed E-state index contributed by atoms with van der Waals surface area (Å²) in [6, 6.07) is 0. The van der Waals surface area contributed by atoms with Gasteiger partial charge in [-0.2, -0.15) is 5.10 Å². The van der Waals surface area contributed by atoms with Crippen LogP contribution >= 0.6 is 11.3 Å². The molecule has 0 aliphatic rings. The van der Waals surface area contributed by atoms with Crippen molar-refractivity contribution in [1.82, 2.24) is 25.0 Å². The van der Waals surface area contributed by atoms with Gasteiger partial charge in [0.15, 0.2) is 0 Å². The molecule has 2 aromatic heterocycles. The van der Waals surface area contributed by atoms with Crippen LogP contribution in [0.5, 0.6) is 0 Å². The minimum atomic E-state index is -0.0979. The maximum absolute atomic E-state index is 11.6. The van der Waals surface area contributed by atoms with Crippen LogP contribution in [0.15, 0.2) is 12.7 Å². The summed E-state index contributed by atoms with van der Waals surface area (Å²) in [5.74, 6) is -0.0979. The summed E-state index contributed by atoms with van der Waals surface area (Å²) in [5, 5.41) is 15.9. The van der Waals surface area contributed by atoms with Gasteiger partial charge in [0.05, 0.1) is 6.54 Å². The lowest BCUT2D eigenvalue weighted by Crippen LogP contribution is -2.14.